The van der Waals surface area contributed by atoms with Crippen LogP contribution in [0.3, 0.4) is 0 Å². The number of allylic oxidation sites excluding steroid dienone is 6. The van der Waals surface area contributed by atoms with E-state index in [1.807, 2.05) is 49.6 Å². The molecule has 5 rings (SSSR count). The number of aliphatic imine (C=N–C) groups is 1. The molecule has 6 heteroatoms. The van der Waals surface area contributed by atoms with Crippen molar-refractivity contribution in [3.8, 4) is 0 Å². The fraction of sp³-hybridized carbons (Fsp3) is 0.240. The van der Waals surface area contributed by atoms with Gasteiger partial charge in [0.25, 0.3) is 5.91 Å². The maximum absolute atomic E-state index is 13.2. The van der Waals surface area contributed by atoms with E-state index >= 15 is 0 Å². The highest BCUT2D eigenvalue weighted by Crippen LogP contribution is 2.28. The van der Waals surface area contributed by atoms with Crippen LogP contribution in [0.2, 0.25) is 0 Å². The Labute approximate surface area is 181 Å². The maximum atomic E-state index is 13.2. The van der Waals surface area contributed by atoms with Crippen molar-refractivity contribution in [2.75, 3.05) is 19.6 Å². The number of aromatic nitrogens is 1. The number of carbonyl (C=O) groups excluding carboxylic acids is 1. The van der Waals surface area contributed by atoms with Crippen molar-refractivity contribution >= 4 is 28.8 Å². The number of hydrogen-bond acceptors (Lipinski definition) is 5. The average Bonchev–Trinajstić information content (AvgIpc) is 3.16. The molecule has 31 heavy (non-hydrogen) atoms. The fourth-order valence-corrected chi connectivity index (χ4v) is 4.04. The van der Waals surface area contributed by atoms with Gasteiger partial charge >= 0.3 is 0 Å². The van der Waals surface area contributed by atoms with Gasteiger partial charge < -0.3 is 4.42 Å². The van der Waals surface area contributed by atoms with E-state index in [-0.39, 0.29) is 5.91 Å². The summed E-state index contributed by atoms with van der Waals surface area (Å²) in [6.45, 7) is 6.98. The molecule has 0 aliphatic carbocycles. The van der Waals surface area contributed by atoms with E-state index < -0.39 is 0 Å². The highest BCUT2D eigenvalue weighted by atomic mass is 16.3. The monoisotopic (exact) mass is 412 g/mol. The molecule has 0 radical (unpaired) electrons. The summed E-state index contributed by atoms with van der Waals surface area (Å²) in [6, 6.07) is 5.81. The Balaban J connectivity index is 1.46. The molecule has 1 amide bonds. The zero-order valence-electron chi connectivity index (χ0n) is 17.7. The third-order valence-electron chi connectivity index (χ3n) is 5.82. The van der Waals surface area contributed by atoms with E-state index in [9.17, 15) is 4.79 Å². The molecule has 6 nitrogen and oxygen atoms in total. The quantitative estimate of drug-likeness (QED) is 0.751. The van der Waals surface area contributed by atoms with Crippen molar-refractivity contribution in [1.82, 2.24) is 14.8 Å². The van der Waals surface area contributed by atoms with Crippen LogP contribution in [0.25, 0.3) is 16.7 Å². The molecule has 0 fully saturated rings. The van der Waals surface area contributed by atoms with Crippen LogP contribution in [-0.2, 0) is 4.79 Å². The summed E-state index contributed by atoms with van der Waals surface area (Å²) < 4.78 is 5.66. The van der Waals surface area contributed by atoms with Gasteiger partial charge in [0, 0.05) is 32.3 Å². The van der Waals surface area contributed by atoms with Crippen LogP contribution in [0, 0.1) is 6.92 Å². The van der Waals surface area contributed by atoms with Gasteiger partial charge in [0.15, 0.2) is 11.5 Å². The van der Waals surface area contributed by atoms with Crippen LogP contribution in [0.4, 0.5) is 0 Å². The molecule has 0 spiro atoms. The lowest BCUT2D eigenvalue weighted by atomic mass is 10.0. The minimum Gasteiger partial charge on any atom is -0.441 e. The second kappa shape index (κ2) is 7.96. The Bertz CT molecular complexity index is 1240. The van der Waals surface area contributed by atoms with Gasteiger partial charge in [-0.1, -0.05) is 31.2 Å². The number of carbonyl (C=O) groups is 1. The summed E-state index contributed by atoms with van der Waals surface area (Å²) in [5.74, 6) is 0.525. The smallest absolute Gasteiger partial charge is 0.255 e. The van der Waals surface area contributed by atoms with Crippen molar-refractivity contribution < 1.29 is 9.21 Å². The van der Waals surface area contributed by atoms with Crippen LogP contribution < -0.4 is 0 Å². The number of likely N-dealkylation sites (N-methyl/N-ethyl adjacent to an activating group) is 1. The molecule has 0 atom stereocenters. The highest BCUT2D eigenvalue weighted by molar-refractivity contribution is 6.03. The van der Waals surface area contributed by atoms with Crippen molar-refractivity contribution in [3.05, 3.63) is 83.2 Å². The van der Waals surface area contributed by atoms with Gasteiger partial charge in [0.1, 0.15) is 5.52 Å². The second-order valence-corrected chi connectivity index (χ2v) is 7.82. The minimum absolute atomic E-state index is 0.102. The van der Waals surface area contributed by atoms with Crippen LogP contribution in [0.5, 0.6) is 0 Å². The number of fused-ring (bicyclic) bond motifs is 2. The van der Waals surface area contributed by atoms with Gasteiger partial charge in [-0.25, -0.2) is 4.98 Å². The lowest BCUT2D eigenvalue weighted by Gasteiger charge is -2.28. The summed E-state index contributed by atoms with van der Waals surface area (Å²) in [7, 11) is 0. The van der Waals surface area contributed by atoms with E-state index in [2.05, 4.69) is 27.9 Å². The van der Waals surface area contributed by atoms with Gasteiger partial charge in [-0.05, 0) is 47.9 Å². The van der Waals surface area contributed by atoms with Crippen molar-refractivity contribution in [3.63, 3.8) is 0 Å². The Kier molecular flexibility index (Phi) is 5.00. The zero-order valence-corrected chi connectivity index (χ0v) is 17.7. The Morgan fingerprint density at radius 3 is 2.97 bits per heavy atom. The van der Waals surface area contributed by atoms with E-state index in [1.165, 1.54) is 5.57 Å². The van der Waals surface area contributed by atoms with E-state index in [1.54, 1.807) is 17.2 Å². The lowest BCUT2D eigenvalue weighted by Crippen LogP contribution is -2.30. The number of aryl methyl sites for hydroxylation is 1. The molecule has 3 aliphatic heterocycles. The van der Waals surface area contributed by atoms with Crippen LogP contribution >= 0.6 is 0 Å². The molecule has 0 saturated heterocycles. The normalized spacial score (nSPS) is 22.1. The fourth-order valence-electron chi connectivity index (χ4n) is 4.04. The predicted molar refractivity (Wildman–Crippen MR) is 122 cm³/mol. The third-order valence-corrected chi connectivity index (χ3v) is 5.82. The first kappa shape index (κ1) is 19.5. The molecule has 2 aromatic rings. The minimum atomic E-state index is -0.102. The number of benzene rings is 1. The van der Waals surface area contributed by atoms with Crippen LogP contribution in [0.1, 0.15) is 24.8 Å². The third kappa shape index (κ3) is 3.82. The molecule has 156 valence electrons. The van der Waals surface area contributed by atoms with Crippen molar-refractivity contribution in [2.45, 2.75) is 20.3 Å². The molecule has 1 aromatic heterocycles. The van der Waals surface area contributed by atoms with Crippen molar-refractivity contribution in [2.24, 2.45) is 4.99 Å². The number of rotatable bonds is 3. The SMILES string of the molecule is CCN1CC=C(C2=CN3C(=O)/C=C(c4ccc5nc(C)oc5c4)\C=C\C=C3C=N2)CC1. The first-order valence-corrected chi connectivity index (χ1v) is 10.6. The van der Waals surface area contributed by atoms with Crippen LogP contribution in [0.15, 0.2) is 81.2 Å². The van der Waals surface area contributed by atoms with Gasteiger partial charge in [0.05, 0.1) is 17.6 Å². The highest BCUT2D eigenvalue weighted by Gasteiger charge is 2.22. The molecule has 3 aliphatic rings. The van der Waals surface area contributed by atoms with E-state index in [4.69, 9.17) is 4.42 Å². The summed E-state index contributed by atoms with van der Waals surface area (Å²) >= 11 is 0. The molecular formula is C25H24N4O2. The number of amides is 1. The summed E-state index contributed by atoms with van der Waals surface area (Å²) in [5, 5.41) is 0. The molecule has 1 aromatic carbocycles. The summed E-state index contributed by atoms with van der Waals surface area (Å²) in [6.07, 6.45) is 14.2. The Hall–Kier alpha value is -3.51. The molecule has 0 unspecified atom stereocenters. The number of oxazole rings is 1. The Morgan fingerprint density at radius 1 is 1.26 bits per heavy atom. The van der Waals surface area contributed by atoms with E-state index in [0.29, 0.717) is 11.5 Å². The maximum Gasteiger partial charge on any atom is 0.255 e. The summed E-state index contributed by atoms with van der Waals surface area (Å²) in [5.41, 5.74) is 6.08. The first-order valence-electron chi connectivity index (χ1n) is 10.6. The van der Waals surface area contributed by atoms with Gasteiger partial charge in [-0.15, -0.1) is 0 Å². The summed E-state index contributed by atoms with van der Waals surface area (Å²) in [4.78, 5) is 26.2. The molecular weight excluding hydrogens is 388 g/mol. The van der Waals surface area contributed by atoms with E-state index in [0.717, 1.165) is 54.1 Å². The average molecular weight is 412 g/mol. The van der Waals surface area contributed by atoms with Gasteiger partial charge in [-0.3, -0.25) is 19.6 Å². The second-order valence-electron chi connectivity index (χ2n) is 7.82. The number of nitrogens with zero attached hydrogens (tertiary/aromatic N) is 4. The zero-order chi connectivity index (χ0) is 21.4. The molecule has 4 heterocycles. The largest absolute Gasteiger partial charge is 0.441 e. The standard InChI is InChI=1S/C25H24N4O2/c1-3-28-11-9-18(10-12-28)23-16-29-21(15-26-23)6-4-5-19(14-25(29)30)20-7-8-22-24(13-20)31-17(2)27-22/h4-9,13-16H,3,10-12H2,1-2H3/b5-4+,19-14+,21-6?. The topological polar surface area (TPSA) is 61.9 Å². The van der Waals surface area contributed by atoms with Gasteiger partial charge in [-0.2, -0.15) is 0 Å². The van der Waals surface area contributed by atoms with Gasteiger partial charge in [0.2, 0.25) is 0 Å². The molecule has 0 N–H and O–H groups in total. The van der Waals surface area contributed by atoms with Crippen LogP contribution in [-0.4, -0.2) is 46.5 Å². The predicted octanol–water partition coefficient (Wildman–Crippen LogP) is 4.38. The lowest BCUT2D eigenvalue weighted by molar-refractivity contribution is -0.121. The number of hydrogen-bond donors (Lipinski definition) is 0. The molecule has 0 bridgehead atoms. The first-order chi connectivity index (χ1) is 15.1. The molecule has 0 saturated carbocycles. The van der Waals surface area contributed by atoms with Crippen molar-refractivity contribution in [1.29, 1.82) is 0 Å². The Morgan fingerprint density at radius 2 is 2.16 bits per heavy atom.